The number of aryl methyl sites for hydroxylation is 2. The molecule has 0 aliphatic carbocycles. The van der Waals surface area contributed by atoms with E-state index >= 15 is 0 Å². The normalized spacial score (nSPS) is 11.2. The predicted molar refractivity (Wildman–Crippen MR) is 109 cm³/mol. The molecule has 0 saturated carbocycles. The molecule has 0 fully saturated rings. The van der Waals surface area contributed by atoms with Gasteiger partial charge in [-0.3, -0.25) is 14.0 Å². The van der Waals surface area contributed by atoms with Crippen LogP contribution < -0.4 is 10.9 Å². The summed E-state index contributed by atoms with van der Waals surface area (Å²) in [5.41, 5.74) is 2.94. The number of para-hydroxylation sites is 1. The summed E-state index contributed by atoms with van der Waals surface area (Å²) in [6.07, 6.45) is 3.65. The third-order valence-electron chi connectivity index (χ3n) is 4.61. The number of rotatable bonds is 3. The van der Waals surface area contributed by atoms with Gasteiger partial charge in [0.25, 0.3) is 11.5 Å². The summed E-state index contributed by atoms with van der Waals surface area (Å²) in [4.78, 5) is 31.3. The van der Waals surface area contributed by atoms with E-state index in [1.165, 1.54) is 4.40 Å². The van der Waals surface area contributed by atoms with Gasteiger partial charge in [0.05, 0.1) is 11.1 Å². The maximum Gasteiger partial charge on any atom is 0.272 e. The first-order chi connectivity index (χ1) is 13.0. The molecule has 0 unspecified atom stereocenters. The Hall–Kier alpha value is -3.06. The minimum Gasteiger partial charge on any atom is -0.324 e. The van der Waals surface area contributed by atoms with Gasteiger partial charge >= 0.3 is 0 Å². The molecule has 0 spiro atoms. The first-order valence-corrected chi connectivity index (χ1v) is 9.65. The van der Waals surface area contributed by atoms with Crippen molar-refractivity contribution in [3.8, 4) is 0 Å². The molecule has 1 amide bonds. The van der Waals surface area contributed by atoms with Crippen LogP contribution in [0, 0.1) is 6.92 Å². The molecule has 1 N–H and O–H groups in total. The zero-order chi connectivity index (χ0) is 19.1. The van der Waals surface area contributed by atoms with Crippen LogP contribution in [0.25, 0.3) is 16.7 Å². The molecule has 3 aromatic heterocycles. The number of benzene rings is 1. The maximum absolute atomic E-state index is 12.9. The number of carbonyl (C=O) groups is 1. The van der Waals surface area contributed by atoms with Crippen LogP contribution in [0.4, 0.5) is 5.69 Å². The van der Waals surface area contributed by atoms with Crippen molar-refractivity contribution in [3.05, 3.63) is 70.3 Å². The number of amides is 1. The van der Waals surface area contributed by atoms with Gasteiger partial charge in [0.2, 0.25) is 0 Å². The summed E-state index contributed by atoms with van der Waals surface area (Å²) in [5.74, 6) is -0.276. The number of anilines is 1. The number of pyridine rings is 1. The first kappa shape index (κ1) is 17.4. The highest BCUT2D eigenvalue weighted by molar-refractivity contribution is 7.98. The van der Waals surface area contributed by atoms with Gasteiger partial charge in [-0.1, -0.05) is 18.2 Å². The van der Waals surface area contributed by atoms with Gasteiger partial charge in [0.1, 0.15) is 17.0 Å². The molecule has 4 aromatic rings. The van der Waals surface area contributed by atoms with Crippen molar-refractivity contribution in [1.82, 2.24) is 14.0 Å². The molecule has 0 aliphatic heterocycles. The van der Waals surface area contributed by atoms with Crippen LogP contribution in [0.15, 0.2) is 58.4 Å². The zero-order valence-corrected chi connectivity index (χ0v) is 16.0. The Kier molecular flexibility index (Phi) is 4.24. The third-order valence-corrected chi connectivity index (χ3v) is 5.41. The number of hydrogen-bond donors (Lipinski definition) is 1. The number of fused-ring (bicyclic) bond motifs is 2. The molecule has 6 nitrogen and oxygen atoms in total. The van der Waals surface area contributed by atoms with E-state index in [1.807, 2.05) is 49.6 Å². The molecular weight excluding hydrogens is 360 g/mol. The highest BCUT2D eigenvalue weighted by atomic mass is 32.2. The second-order valence-corrected chi connectivity index (χ2v) is 7.13. The fourth-order valence-electron chi connectivity index (χ4n) is 3.18. The average molecular weight is 378 g/mol. The number of nitrogens with one attached hydrogen (secondary N) is 1. The topological polar surface area (TPSA) is 68.4 Å². The van der Waals surface area contributed by atoms with Crippen LogP contribution in [0.1, 0.15) is 16.1 Å². The van der Waals surface area contributed by atoms with E-state index in [-0.39, 0.29) is 11.5 Å². The Morgan fingerprint density at radius 2 is 1.93 bits per heavy atom. The lowest BCUT2D eigenvalue weighted by atomic mass is 10.2. The Morgan fingerprint density at radius 3 is 2.70 bits per heavy atom. The van der Waals surface area contributed by atoms with Crippen LogP contribution in [0.5, 0.6) is 0 Å². The lowest BCUT2D eigenvalue weighted by molar-refractivity contribution is 0.101. The number of aromatic nitrogens is 3. The van der Waals surface area contributed by atoms with E-state index in [4.69, 9.17) is 0 Å². The van der Waals surface area contributed by atoms with Crippen molar-refractivity contribution < 1.29 is 4.79 Å². The summed E-state index contributed by atoms with van der Waals surface area (Å²) < 4.78 is 3.18. The maximum atomic E-state index is 12.9. The minimum absolute atomic E-state index is 0.183. The van der Waals surface area contributed by atoms with E-state index < -0.39 is 0 Å². The van der Waals surface area contributed by atoms with Crippen LogP contribution >= 0.6 is 11.8 Å². The smallest absolute Gasteiger partial charge is 0.272 e. The highest BCUT2D eigenvalue weighted by Gasteiger charge is 2.18. The van der Waals surface area contributed by atoms with Gasteiger partial charge in [-0.15, -0.1) is 11.8 Å². The molecule has 0 atom stereocenters. The van der Waals surface area contributed by atoms with E-state index in [9.17, 15) is 9.59 Å². The van der Waals surface area contributed by atoms with Crippen LogP contribution in [-0.2, 0) is 7.05 Å². The molecule has 4 rings (SSSR count). The fraction of sp³-hybridized carbons (Fsp3) is 0.150. The molecule has 7 heteroatoms. The van der Waals surface area contributed by atoms with Crippen LogP contribution in [-0.4, -0.2) is 26.1 Å². The zero-order valence-electron chi connectivity index (χ0n) is 15.2. The van der Waals surface area contributed by atoms with Crippen LogP contribution in [0.3, 0.4) is 0 Å². The van der Waals surface area contributed by atoms with Gasteiger partial charge in [-0.25, -0.2) is 4.98 Å². The van der Waals surface area contributed by atoms with E-state index in [1.54, 1.807) is 35.6 Å². The summed E-state index contributed by atoms with van der Waals surface area (Å²) in [6.45, 7) is 1.91. The first-order valence-electron chi connectivity index (χ1n) is 8.43. The second-order valence-electron chi connectivity index (χ2n) is 6.28. The predicted octanol–water partition coefficient (Wildman–Crippen LogP) is 3.47. The molecule has 1 aromatic carbocycles. The summed E-state index contributed by atoms with van der Waals surface area (Å²) in [7, 11) is 1.75. The molecule has 27 heavy (non-hydrogen) atoms. The van der Waals surface area contributed by atoms with Gasteiger partial charge in [0.15, 0.2) is 0 Å². The quantitative estimate of drug-likeness (QED) is 0.554. The molecule has 0 saturated heterocycles. The Bertz CT molecular complexity index is 1260. The number of carbonyl (C=O) groups excluding carboxylic acids is 1. The Labute approximate surface area is 159 Å². The Morgan fingerprint density at radius 1 is 1.15 bits per heavy atom. The van der Waals surface area contributed by atoms with Crippen molar-refractivity contribution in [2.45, 2.75) is 11.8 Å². The molecular formula is C20H18N4O2S. The summed E-state index contributed by atoms with van der Waals surface area (Å²) in [5, 5.41) is 3.36. The molecule has 136 valence electrons. The Balaban J connectivity index is 1.85. The number of thioether (sulfide) groups is 1. The summed E-state index contributed by atoms with van der Waals surface area (Å²) >= 11 is 1.56. The second kappa shape index (κ2) is 6.59. The standard InChI is InChI=1S/C20H18N4O2S/c1-12-7-6-10-24-17(12)22-18-13(20(24)26)11-15(23(18)2)19(25)21-14-8-4-5-9-16(14)27-3/h4-11H,1-3H3,(H,21,25). The lowest BCUT2D eigenvalue weighted by Crippen LogP contribution is -2.16. The van der Waals surface area contributed by atoms with Crippen molar-refractivity contribution in [2.24, 2.45) is 7.05 Å². The van der Waals surface area contributed by atoms with Crippen molar-refractivity contribution >= 4 is 40.0 Å². The molecule has 0 radical (unpaired) electrons. The largest absolute Gasteiger partial charge is 0.324 e. The van der Waals surface area contributed by atoms with Crippen molar-refractivity contribution in [1.29, 1.82) is 0 Å². The summed E-state index contributed by atoms with van der Waals surface area (Å²) in [6, 6.07) is 12.9. The van der Waals surface area contributed by atoms with Crippen molar-refractivity contribution in [3.63, 3.8) is 0 Å². The number of hydrogen-bond acceptors (Lipinski definition) is 4. The van der Waals surface area contributed by atoms with Gasteiger partial charge in [0, 0.05) is 18.1 Å². The minimum atomic E-state index is -0.276. The van der Waals surface area contributed by atoms with E-state index in [0.717, 1.165) is 16.1 Å². The van der Waals surface area contributed by atoms with Gasteiger partial charge in [-0.2, -0.15) is 0 Å². The van der Waals surface area contributed by atoms with Crippen molar-refractivity contribution in [2.75, 3.05) is 11.6 Å². The SMILES string of the molecule is CSc1ccccc1NC(=O)c1cc2c(=O)n3cccc(C)c3nc2n1C. The molecule has 0 aliphatic rings. The monoisotopic (exact) mass is 378 g/mol. The van der Waals surface area contributed by atoms with Gasteiger partial charge in [-0.05, 0) is 43.0 Å². The third kappa shape index (κ3) is 2.80. The van der Waals surface area contributed by atoms with E-state index in [2.05, 4.69) is 10.3 Å². The van der Waals surface area contributed by atoms with Crippen LogP contribution in [0.2, 0.25) is 0 Å². The van der Waals surface area contributed by atoms with Gasteiger partial charge < -0.3 is 9.88 Å². The number of nitrogens with zero attached hydrogens (tertiary/aromatic N) is 3. The average Bonchev–Trinajstić information content (AvgIpc) is 3.00. The highest BCUT2D eigenvalue weighted by Crippen LogP contribution is 2.25. The lowest BCUT2D eigenvalue weighted by Gasteiger charge is -2.09. The fourth-order valence-corrected chi connectivity index (χ4v) is 3.74. The molecule has 0 bridgehead atoms. The van der Waals surface area contributed by atoms with E-state index in [0.29, 0.717) is 22.4 Å². The molecule has 3 heterocycles.